The van der Waals surface area contributed by atoms with Gasteiger partial charge in [-0.25, -0.2) is 0 Å². The fourth-order valence-electron chi connectivity index (χ4n) is 1.82. The molecule has 1 atom stereocenters. The van der Waals surface area contributed by atoms with Crippen LogP contribution in [0.3, 0.4) is 0 Å². The van der Waals surface area contributed by atoms with Crippen LogP contribution in [0.25, 0.3) is 0 Å². The summed E-state index contributed by atoms with van der Waals surface area (Å²) in [7, 11) is 0. The molecule has 1 aromatic rings. The first-order chi connectivity index (χ1) is 10.8. The highest BCUT2D eigenvalue weighted by atomic mass is 16.6. The quantitative estimate of drug-likeness (QED) is 0.553. The smallest absolute Gasteiger partial charge is 0.272 e. The molecule has 1 aromatic carbocycles. The lowest BCUT2D eigenvalue weighted by Gasteiger charge is -2.14. The first kappa shape index (κ1) is 18.4. The first-order valence-electron chi connectivity index (χ1n) is 7.30. The summed E-state index contributed by atoms with van der Waals surface area (Å²) in [5.41, 5.74) is 0.434. The van der Waals surface area contributed by atoms with Crippen LogP contribution in [0.2, 0.25) is 0 Å². The SMILES string of the molecule is CCCNC(=O)[C@@H](C)NC(=O)COc1ccc([N+](=O)[O-])c(C)c1. The van der Waals surface area contributed by atoms with E-state index in [1.54, 1.807) is 13.8 Å². The van der Waals surface area contributed by atoms with Crippen molar-refractivity contribution in [1.82, 2.24) is 10.6 Å². The lowest BCUT2D eigenvalue weighted by molar-refractivity contribution is -0.385. The van der Waals surface area contributed by atoms with Crippen molar-refractivity contribution in [3.8, 4) is 5.75 Å². The van der Waals surface area contributed by atoms with Gasteiger partial charge in [0.25, 0.3) is 11.6 Å². The number of nitrogens with zero attached hydrogens (tertiary/aromatic N) is 1. The highest BCUT2D eigenvalue weighted by molar-refractivity contribution is 5.87. The van der Waals surface area contributed by atoms with Gasteiger partial charge in [0.2, 0.25) is 5.91 Å². The van der Waals surface area contributed by atoms with Gasteiger partial charge in [0, 0.05) is 18.2 Å². The summed E-state index contributed by atoms with van der Waals surface area (Å²) in [4.78, 5) is 33.6. The number of aryl methyl sites for hydroxylation is 1. The van der Waals surface area contributed by atoms with E-state index in [2.05, 4.69) is 10.6 Å². The molecular weight excluding hydrogens is 302 g/mol. The summed E-state index contributed by atoms with van der Waals surface area (Å²) in [6.45, 7) is 5.38. The standard InChI is InChI=1S/C15H21N3O5/c1-4-7-16-15(20)11(3)17-14(19)9-23-12-5-6-13(18(21)22)10(2)8-12/h5-6,8,11H,4,7,9H2,1-3H3,(H,16,20)(H,17,19)/t11-/m1/s1. The molecule has 23 heavy (non-hydrogen) atoms. The fraction of sp³-hybridized carbons (Fsp3) is 0.467. The molecule has 0 aliphatic heterocycles. The Kier molecular flexibility index (Phi) is 6.98. The van der Waals surface area contributed by atoms with Crippen LogP contribution in [0.15, 0.2) is 18.2 Å². The van der Waals surface area contributed by atoms with Gasteiger partial charge in [-0.3, -0.25) is 19.7 Å². The average Bonchev–Trinajstić information content (AvgIpc) is 2.50. The minimum absolute atomic E-state index is 0.0111. The summed E-state index contributed by atoms with van der Waals surface area (Å²) < 4.78 is 5.28. The van der Waals surface area contributed by atoms with Crippen molar-refractivity contribution >= 4 is 17.5 Å². The van der Waals surface area contributed by atoms with E-state index in [-0.39, 0.29) is 18.2 Å². The van der Waals surface area contributed by atoms with Crippen molar-refractivity contribution in [2.45, 2.75) is 33.2 Å². The van der Waals surface area contributed by atoms with Crippen molar-refractivity contribution in [3.63, 3.8) is 0 Å². The number of nitro groups is 1. The molecule has 0 bridgehead atoms. The van der Waals surface area contributed by atoms with Gasteiger partial charge in [0.1, 0.15) is 11.8 Å². The summed E-state index contributed by atoms with van der Waals surface area (Å²) in [6.07, 6.45) is 0.814. The normalized spacial score (nSPS) is 11.4. The Morgan fingerprint density at radius 2 is 2.09 bits per heavy atom. The van der Waals surface area contributed by atoms with E-state index in [0.717, 1.165) is 6.42 Å². The Bertz CT molecular complexity index is 588. The molecule has 0 fully saturated rings. The first-order valence-corrected chi connectivity index (χ1v) is 7.30. The van der Waals surface area contributed by atoms with Gasteiger partial charge in [0.15, 0.2) is 6.61 Å². The van der Waals surface area contributed by atoms with Crippen LogP contribution >= 0.6 is 0 Å². The molecule has 0 spiro atoms. The monoisotopic (exact) mass is 323 g/mol. The molecule has 0 aliphatic carbocycles. The molecule has 126 valence electrons. The van der Waals surface area contributed by atoms with Gasteiger partial charge in [-0.2, -0.15) is 0 Å². The number of rotatable bonds is 8. The van der Waals surface area contributed by atoms with Gasteiger partial charge in [-0.05, 0) is 32.4 Å². The number of ether oxygens (including phenoxy) is 1. The van der Waals surface area contributed by atoms with Crippen molar-refractivity contribution in [3.05, 3.63) is 33.9 Å². The van der Waals surface area contributed by atoms with Crippen LogP contribution in [0.4, 0.5) is 5.69 Å². The predicted octanol–water partition coefficient (Wildman–Crippen LogP) is 1.31. The third-order valence-corrected chi connectivity index (χ3v) is 3.05. The highest BCUT2D eigenvalue weighted by Gasteiger charge is 2.16. The van der Waals surface area contributed by atoms with Crippen molar-refractivity contribution < 1.29 is 19.2 Å². The van der Waals surface area contributed by atoms with E-state index in [1.807, 2.05) is 6.92 Å². The van der Waals surface area contributed by atoms with Crippen LogP contribution < -0.4 is 15.4 Å². The number of nitro benzene ring substituents is 1. The third-order valence-electron chi connectivity index (χ3n) is 3.05. The molecular formula is C15H21N3O5. The number of amides is 2. The molecule has 0 aliphatic rings. The highest BCUT2D eigenvalue weighted by Crippen LogP contribution is 2.22. The second kappa shape index (κ2) is 8.72. The van der Waals surface area contributed by atoms with E-state index in [0.29, 0.717) is 17.9 Å². The summed E-state index contributed by atoms with van der Waals surface area (Å²) in [5.74, 6) is -0.349. The Hall–Kier alpha value is -2.64. The molecule has 0 saturated heterocycles. The van der Waals surface area contributed by atoms with Crippen molar-refractivity contribution in [1.29, 1.82) is 0 Å². The third kappa shape index (κ3) is 5.93. The minimum Gasteiger partial charge on any atom is -0.484 e. The zero-order chi connectivity index (χ0) is 17.4. The average molecular weight is 323 g/mol. The Morgan fingerprint density at radius 1 is 1.39 bits per heavy atom. The van der Waals surface area contributed by atoms with Crippen molar-refractivity contribution in [2.24, 2.45) is 0 Å². The molecule has 2 amide bonds. The number of hydrogen-bond donors (Lipinski definition) is 2. The molecule has 0 aromatic heterocycles. The van der Waals surface area contributed by atoms with Crippen LogP contribution in [-0.2, 0) is 9.59 Å². The van der Waals surface area contributed by atoms with Gasteiger partial charge in [-0.15, -0.1) is 0 Å². The zero-order valence-electron chi connectivity index (χ0n) is 13.4. The molecule has 1 rings (SSSR count). The van der Waals surface area contributed by atoms with E-state index >= 15 is 0 Å². The number of hydrogen-bond acceptors (Lipinski definition) is 5. The summed E-state index contributed by atoms with van der Waals surface area (Å²) in [5, 5.41) is 15.9. The van der Waals surface area contributed by atoms with Gasteiger partial charge in [-0.1, -0.05) is 6.92 Å². The second-order valence-corrected chi connectivity index (χ2v) is 5.07. The molecule has 8 nitrogen and oxygen atoms in total. The van der Waals surface area contributed by atoms with E-state index in [9.17, 15) is 19.7 Å². The molecule has 8 heteroatoms. The molecule has 2 N–H and O–H groups in total. The summed E-state index contributed by atoms with van der Waals surface area (Å²) >= 11 is 0. The van der Waals surface area contributed by atoms with Crippen LogP contribution in [0.1, 0.15) is 25.8 Å². The number of carbonyl (C=O) groups excluding carboxylic acids is 2. The topological polar surface area (TPSA) is 111 Å². The van der Waals surface area contributed by atoms with Gasteiger partial charge < -0.3 is 15.4 Å². The Labute approximate surface area is 134 Å². The van der Waals surface area contributed by atoms with Crippen molar-refractivity contribution in [2.75, 3.05) is 13.2 Å². The lowest BCUT2D eigenvalue weighted by atomic mass is 10.2. The fourth-order valence-corrected chi connectivity index (χ4v) is 1.82. The predicted molar refractivity (Wildman–Crippen MR) is 84.2 cm³/mol. The minimum atomic E-state index is -0.656. The second-order valence-electron chi connectivity index (χ2n) is 5.07. The molecule has 0 radical (unpaired) electrons. The molecule has 0 saturated carbocycles. The largest absolute Gasteiger partial charge is 0.484 e. The molecule has 0 heterocycles. The zero-order valence-corrected chi connectivity index (χ0v) is 13.4. The number of nitrogens with one attached hydrogen (secondary N) is 2. The van der Waals surface area contributed by atoms with Crippen LogP contribution in [0, 0.1) is 17.0 Å². The number of carbonyl (C=O) groups is 2. The number of benzene rings is 1. The Balaban J connectivity index is 2.48. The lowest BCUT2D eigenvalue weighted by Crippen LogP contribution is -2.46. The maximum Gasteiger partial charge on any atom is 0.272 e. The van der Waals surface area contributed by atoms with Crippen LogP contribution in [0.5, 0.6) is 5.75 Å². The summed E-state index contributed by atoms with van der Waals surface area (Å²) in [6, 6.07) is 3.58. The maximum absolute atomic E-state index is 11.7. The van der Waals surface area contributed by atoms with Gasteiger partial charge in [0.05, 0.1) is 4.92 Å². The maximum atomic E-state index is 11.7. The molecule has 0 unspecified atom stereocenters. The van der Waals surface area contributed by atoms with E-state index < -0.39 is 16.9 Å². The van der Waals surface area contributed by atoms with E-state index in [4.69, 9.17) is 4.74 Å². The Morgan fingerprint density at radius 3 is 2.65 bits per heavy atom. The van der Waals surface area contributed by atoms with E-state index in [1.165, 1.54) is 18.2 Å². The van der Waals surface area contributed by atoms with Gasteiger partial charge >= 0.3 is 0 Å². The van der Waals surface area contributed by atoms with Crippen LogP contribution in [-0.4, -0.2) is 35.9 Å².